The lowest BCUT2D eigenvalue weighted by molar-refractivity contribution is 0.0975. The first-order valence-electron chi connectivity index (χ1n) is 8.29. The van der Waals surface area contributed by atoms with Crippen LogP contribution < -0.4 is 11.1 Å². The Labute approximate surface area is 154 Å². The number of carbonyl (C=O) groups excluding carboxylic acids is 2. The minimum absolute atomic E-state index is 0.0328. The Bertz CT molecular complexity index is 1120. The molecule has 134 valence electrons. The minimum Gasteiger partial charge on any atom is -0.507 e. The number of aryl methyl sites for hydroxylation is 1. The van der Waals surface area contributed by atoms with E-state index in [9.17, 15) is 19.8 Å². The van der Waals surface area contributed by atoms with Crippen molar-refractivity contribution in [1.29, 1.82) is 0 Å². The second-order valence-electron chi connectivity index (χ2n) is 6.46. The first-order chi connectivity index (χ1) is 12.9. The molecular formula is C21H16N2O4. The second kappa shape index (κ2) is 5.88. The van der Waals surface area contributed by atoms with Gasteiger partial charge in [0.25, 0.3) is 0 Å². The number of phenols is 2. The van der Waals surface area contributed by atoms with Crippen molar-refractivity contribution in [3.63, 3.8) is 0 Å². The molecule has 4 rings (SSSR count). The smallest absolute Gasteiger partial charge is 0.202 e. The highest BCUT2D eigenvalue weighted by Crippen LogP contribution is 2.42. The van der Waals surface area contributed by atoms with Crippen LogP contribution in [0.25, 0.3) is 0 Å². The Morgan fingerprint density at radius 1 is 0.741 bits per heavy atom. The largest absolute Gasteiger partial charge is 0.507 e. The van der Waals surface area contributed by atoms with Gasteiger partial charge in [-0.15, -0.1) is 0 Å². The monoisotopic (exact) mass is 360 g/mol. The molecule has 6 nitrogen and oxygen atoms in total. The lowest BCUT2D eigenvalue weighted by Gasteiger charge is -2.23. The quantitative estimate of drug-likeness (QED) is 0.321. The molecule has 1 aliphatic rings. The van der Waals surface area contributed by atoms with Crippen LogP contribution in [0.3, 0.4) is 0 Å². The van der Waals surface area contributed by atoms with Crippen molar-refractivity contribution in [2.45, 2.75) is 6.92 Å². The van der Waals surface area contributed by atoms with Crippen LogP contribution in [0.5, 0.6) is 11.5 Å². The van der Waals surface area contributed by atoms with E-state index < -0.39 is 11.6 Å². The minimum atomic E-state index is -0.644. The lowest BCUT2D eigenvalue weighted by Crippen LogP contribution is -2.24. The predicted molar refractivity (Wildman–Crippen MR) is 102 cm³/mol. The van der Waals surface area contributed by atoms with E-state index in [1.165, 1.54) is 24.3 Å². The lowest BCUT2D eigenvalue weighted by atomic mass is 9.81. The van der Waals surface area contributed by atoms with Gasteiger partial charge in [0.15, 0.2) is 5.78 Å². The topological polar surface area (TPSA) is 113 Å². The fourth-order valence-corrected chi connectivity index (χ4v) is 3.29. The third-order valence-corrected chi connectivity index (χ3v) is 4.64. The average Bonchev–Trinajstić information content (AvgIpc) is 2.64. The van der Waals surface area contributed by atoms with E-state index in [0.29, 0.717) is 5.69 Å². The van der Waals surface area contributed by atoms with E-state index in [0.717, 1.165) is 11.3 Å². The van der Waals surface area contributed by atoms with Gasteiger partial charge in [0.1, 0.15) is 11.5 Å². The maximum atomic E-state index is 13.1. The van der Waals surface area contributed by atoms with Gasteiger partial charge in [0, 0.05) is 11.4 Å². The molecule has 0 saturated heterocycles. The Balaban J connectivity index is 1.93. The molecule has 6 heteroatoms. The zero-order chi connectivity index (χ0) is 19.3. The highest BCUT2D eigenvalue weighted by molar-refractivity contribution is 6.33. The van der Waals surface area contributed by atoms with Crippen molar-refractivity contribution in [3.05, 3.63) is 76.3 Å². The molecule has 1 aliphatic carbocycles. The first-order valence-corrected chi connectivity index (χ1v) is 8.29. The third-order valence-electron chi connectivity index (χ3n) is 4.64. The van der Waals surface area contributed by atoms with Crippen LogP contribution in [0.15, 0.2) is 48.5 Å². The van der Waals surface area contributed by atoms with Crippen LogP contribution in [-0.2, 0) is 0 Å². The molecule has 0 atom stereocenters. The summed E-state index contributed by atoms with van der Waals surface area (Å²) >= 11 is 0. The number of nitrogens with one attached hydrogen (secondary N) is 1. The Morgan fingerprint density at radius 3 is 1.96 bits per heavy atom. The number of nitrogen functional groups attached to an aromatic ring is 1. The number of fused-ring (bicyclic) bond motifs is 2. The van der Waals surface area contributed by atoms with Gasteiger partial charge in [-0.05, 0) is 43.3 Å². The standard InChI is InChI=1S/C21H16N2O4/c1-10-2-4-11(5-3-10)23-13-7-9-15(25)19-17(13)20(26)16-12(22)6-8-14(24)18(16)21(19)27/h2-9,23-25H,22H2,1H3. The molecule has 0 aliphatic heterocycles. The van der Waals surface area contributed by atoms with E-state index in [1.54, 1.807) is 0 Å². The molecule has 0 fully saturated rings. The SMILES string of the molecule is Cc1ccc(Nc2ccc(O)c3c2C(=O)c2c(N)ccc(O)c2C3=O)cc1. The molecule has 0 unspecified atom stereocenters. The maximum Gasteiger partial charge on any atom is 0.202 e. The number of hydrogen-bond donors (Lipinski definition) is 4. The third kappa shape index (κ3) is 2.50. The number of aromatic hydroxyl groups is 2. The number of rotatable bonds is 2. The molecule has 0 amide bonds. The van der Waals surface area contributed by atoms with Crippen LogP contribution in [0.4, 0.5) is 17.1 Å². The number of benzene rings is 3. The zero-order valence-electron chi connectivity index (χ0n) is 14.4. The summed E-state index contributed by atoms with van der Waals surface area (Å²) in [6.45, 7) is 1.96. The van der Waals surface area contributed by atoms with Crippen LogP contribution in [-0.4, -0.2) is 21.8 Å². The van der Waals surface area contributed by atoms with Gasteiger partial charge in [-0.25, -0.2) is 0 Å². The number of phenolic OH excluding ortho intramolecular Hbond substituents is 2. The normalized spacial score (nSPS) is 12.5. The molecule has 0 radical (unpaired) electrons. The van der Waals surface area contributed by atoms with Gasteiger partial charge >= 0.3 is 0 Å². The first kappa shape index (κ1) is 16.7. The van der Waals surface area contributed by atoms with E-state index in [1.807, 2.05) is 31.2 Å². The van der Waals surface area contributed by atoms with Gasteiger partial charge in [0.2, 0.25) is 5.78 Å². The van der Waals surface area contributed by atoms with Crippen LogP contribution in [0.2, 0.25) is 0 Å². The Hall–Kier alpha value is -3.80. The van der Waals surface area contributed by atoms with E-state index in [4.69, 9.17) is 5.73 Å². The summed E-state index contributed by atoms with van der Waals surface area (Å²) in [5, 5.41) is 23.4. The van der Waals surface area contributed by atoms with E-state index >= 15 is 0 Å². The van der Waals surface area contributed by atoms with Crippen molar-refractivity contribution in [1.82, 2.24) is 0 Å². The van der Waals surface area contributed by atoms with Crippen molar-refractivity contribution in [3.8, 4) is 11.5 Å². The summed E-state index contributed by atoms with van der Waals surface area (Å²) in [4.78, 5) is 26.1. The van der Waals surface area contributed by atoms with E-state index in [2.05, 4.69) is 5.32 Å². The Kier molecular flexibility index (Phi) is 3.63. The summed E-state index contributed by atoms with van der Waals surface area (Å²) in [5.41, 5.74) is 7.83. The maximum absolute atomic E-state index is 13.1. The van der Waals surface area contributed by atoms with Crippen molar-refractivity contribution < 1.29 is 19.8 Å². The highest BCUT2D eigenvalue weighted by atomic mass is 16.3. The van der Waals surface area contributed by atoms with Crippen molar-refractivity contribution in [2.24, 2.45) is 0 Å². The molecule has 0 heterocycles. The molecular weight excluding hydrogens is 344 g/mol. The predicted octanol–water partition coefficient (Wildman–Crippen LogP) is 3.51. The van der Waals surface area contributed by atoms with Gasteiger partial charge in [-0.1, -0.05) is 17.7 Å². The number of hydrogen-bond acceptors (Lipinski definition) is 6. The average molecular weight is 360 g/mol. The molecule has 5 N–H and O–H groups in total. The number of anilines is 3. The van der Waals surface area contributed by atoms with Gasteiger partial charge < -0.3 is 21.3 Å². The number of nitrogens with two attached hydrogens (primary N) is 1. The molecule has 3 aromatic carbocycles. The number of carbonyl (C=O) groups is 2. The summed E-state index contributed by atoms with van der Waals surface area (Å²) in [5.74, 6) is -1.85. The van der Waals surface area contributed by atoms with Crippen LogP contribution >= 0.6 is 0 Å². The molecule has 3 aromatic rings. The fourth-order valence-electron chi connectivity index (χ4n) is 3.29. The molecule has 0 spiro atoms. The zero-order valence-corrected chi connectivity index (χ0v) is 14.4. The summed E-state index contributed by atoms with van der Waals surface area (Å²) < 4.78 is 0. The molecule has 0 bridgehead atoms. The van der Waals surface area contributed by atoms with Gasteiger partial charge in [-0.2, -0.15) is 0 Å². The molecule has 0 aromatic heterocycles. The van der Waals surface area contributed by atoms with Crippen molar-refractivity contribution >= 4 is 28.6 Å². The molecule has 27 heavy (non-hydrogen) atoms. The van der Waals surface area contributed by atoms with Gasteiger partial charge in [0.05, 0.1) is 27.9 Å². The van der Waals surface area contributed by atoms with Crippen LogP contribution in [0.1, 0.15) is 37.4 Å². The molecule has 0 saturated carbocycles. The second-order valence-corrected chi connectivity index (χ2v) is 6.46. The summed E-state index contributed by atoms with van der Waals surface area (Å²) in [7, 11) is 0. The summed E-state index contributed by atoms with van der Waals surface area (Å²) in [6.07, 6.45) is 0. The van der Waals surface area contributed by atoms with Gasteiger partial charge in [-0.3, -0.25) is 9.59 Å². The summed E-state index contributed by atoms with van der Waals surface area (Å²) in [6, 6.07) is 13.0. The fraction of sp³-hybridized carbons (Fsp3) is 0.0476. The highest BCUT2D eigenvalue weighted by Gasteiger charge is 2.37. The van der Waals surface area contributed by atoms with E-state index in [-0.39, 0.29) is 39.4 Å². The number of ketones is 2. The van der Waals surface area contributed by atoms with Crippen molar-refractivity contribution in [2.75, 3.05) is 11.1 Å². The van der Waals surface area contributed by atoms with Crippen LogP contribution in [0, 0.1) is 6.92 Å². The Morgan fingerprint density at radius 2 is 1.30 bits per heavy atom.